The molecule has 0 spiro atoms. The summed E-state index contributed by atoms with van der Waals surface area (Å²) in [5, 5.41) is 2.75. The third-order valence-corrected chi connectivity index (χ3v) is 2.76. The van der Waals surface area contributed by atoms with E-state index in [1.165, 1.54) is 19.2 Å². The Balaban J connectivity index is 2.22. The summed E-state index contributed by atoms with van der Waals surface area (Å²) in [7, 11) is 1.33. The topological polar surface area (TPSA) is 49.9 Å². The van der Waals surface area contributed by atoms with Gasteiger partial charge in [0.1, 0.15) is 11.6 Å². The molecule has 0 aliphatic rings. The number of halogens is 3. The monoisotopic (exact) mass is 285 g/mol. The van der Waals surface area contributed by atoms with Crippen molar-refractivity contribution in [3.63, 3.8) is 0 Å². The van der Waals surface area contributed by atoms with E-state index >= 15 is 0 Å². The number of alkyl halides is 3. The SMILES string of the molecule is COc1ccc(NCc2cnc(C)[nH]2)c(C(F)(F)F)c1. The summed E-state index contributed by atoms with van der Waals surface area (Å²) in [5.74, 6) is 0.882. The first-order chi connectivity index (χ1) is 9.40. The summed E-state index contributed by atoms with van der Waals surface area (Å²) < 4.78 is 43.8. The fraction of sp³-hybridized carbons (Fsp3) is 0.308. The predicted molar refractivity (Wildman–Crippen MR) is 68.6 cm³/mol. The van der Waals surface area contributed by atoms with Crippen LogP contribution in [0.3, 0.4) is 0 Å². The zero-order valence-electron chi connectivity index (χ0n) is 11.0. The van der Waals surface area contributed by atoms with Gasteiger partial charge in [0.2, 0.25) is 0 Å². The summed E-state index contributed by atoms with van der Waals surface area (Å²) >= 11 is 0. The van der Waals surface area contributed by atoms with Crippen molar-refractivity contribution >= 4 is 5.69 Å². The van der Waals surface area contributed by atoms with E-state index in [4.69, 9.17) is 4.74 Å². The lowest BCUT2D eigenvalue weighted by molar-refractivity contribution is -0.137. The van der Waals surface area contributed by atoms with Crippen LogP contribution < -0.4 is 10.1 Å². The van der Waals surface area contributed by atoms with E-state index in [1.54, 1.807) is 13.1 Å². The first-order valence-electron chi connectivity index (χ1n) is 5.89. The molecule has 7 heteroatoms. The van der Waals surface area contributed by atoms with Crippen molar-refractivity contribution in [2.45, 2.75) is 19.6 Å². The largest absolute Gasteiger partial charge is 0.497 e. The first-order valence-corrected chi connectivity index (χ1v) is 5.89. The predicted octanol–water partition coefficient (Wildman–Crippen LogP) is 3.36. The summed E-state index contributed by atoms with van der Waals surface area (Å²) in [6, 6.07) is 3.81. The number of ether oxygens (including phenoxy) is 1. The van der Waals surface area contributed by atoms with Crippen molar-refractivity contribution in [1.29, 1.82) is 0 Å². The minimum Gasteiger partial charge on any atom is -0.497 e. The third kappa shape index (κ3) is 3.23. The van der Waals surface area contributed by atoms with Crippen LogP contribution in [0.4, 0.5) is 18.9 Å². The number of benzene rings is 1. The highest BCUT2D eigenvalue weighted by Crippen LogP contribution is 2.37. The number of hydrogen-bond acceptors (Lipinski definition) is 3. The van der Waals surface area contributed by atoms with Gasteiger partial charge in [0.15, 0.2) is 0 Å². The molecule has 0 atom stereocenters. The Kier molecular flexibility index (Phi) is 3.87. The van der Waals surface area contributed by atoms with E-state index in [0.29, 0.717) is 11.5 Å². The number of anilines is 1. The molecule has 4 nitrogen and oxygen atoms in total. The minimum atomic E-state index is -4.44. The lowest BCUT2D eigenvalue weighted by Crippen LogP contribution is -2.11. The van der Waals surface area contributed by atoms with Gasteiger partial charge in [-0.1, -0.05) is 0 Å². The van der Waals surface area contributed by atoms with Crippen LogP contribution in [0.5, 0.6) is 5.75 Å². The van der Waals surface area contributed by atoms with E-state index in [0.717, 1.165) is 6.07 Å². The molecule has 0 bridgehead atoms. The number of methoxy groups -OCH3 is 1. The molecule has 1 aromatic heterocycles. The molecule has 108 valence electrons. The van der Waals surface area contributed by atoms with Crippen LogP contribution in [0, 0.1) is 6.92 Å². The smallest absolute Gasteiger partial charge is 0.418 e. The molecule has 2 aromatic rings. The molecule has 1 aromatic carbocycles. The second-order valence-electron chi connectivity index (χ2n) is 4.26. The number of hydrogen-bond donors (Lipinski definition) is 2. The Labute approximate surface area is 114 Å². The van der Waals surface area contributed by atoms with Crippen molar-refractivity contribution in [1.82, 2.24) is 9.97 Å². The maximum Gasteiger partial charge on any atom is 0.418 e. The standard InChI is InChI=1S/C13H14F3N3O/c1-8-17-6-9(19-8)7-18-12-4-3-10(20-2)5-11(12)13(14,15)16/h3-6,18H,7H2,1-2H3,(H,17,19). The van der Waals surface area contributed by atoms with Gasteiger partial charge < -0.3 is 15.0 Å². The Morgan fingerprint density at radius 3 is 2.65 bits per heavy atom. The number of aromatic nitrogens is 2. The molecule has 0 aliphatic heterocycles. The van der Waals surface area contributed by atoms with E-state index in [9.17, 15) is 13.2 Å². The van der Waals surface area contributed by atoms with Gasteiger partial charge in [0, 0.05) is 5.69 Å². The number of nitrogens with one attached hydrogen (secondary N) is 2. The number of aromatic amines is 1. The van der Waals surface area contributed by atoms with E-state index in [-0.39, 0.29) is 18.0 Å². The number of imidazole rings is 1. The zero-order chi connectivity index (χ0) is 14.8. The van der Waals surface area contributed by atoms with Crippen LogP contribution in [0.15, 0.2) is 24.4 Å². The van der Waals surface area contributed by atoms with Crippen LogP contribution in [0.25, 0.3) is 0 Å². The summed E-state index contributed by atoms with van der Waals surface area (Å²) in [5.41, 5.74) is -0.0370. The molecule has 0 amide bonds. The average molecular weight is 285 g/mol. The molecule has 0 saturated carbocycles. The molecular weight excluding hydrogens is 271 g/mol. The molecule has 1 heterocycles. The first kappa shape index (κ1) is 14.2. The number of H-pyrrole nitrogens is 1. The van der Waals surface area contributed by atoms with Crippen molar-refractivity contribution in [2.75, 3.05) is 12.4 Å². The van der Waals surface area contributed by atoms with E-state index in [2.05, 4.69) is 15.3 Å². The fourth-order valence-corrected chi connectivity index (χ4v) is 1.79. The van der Waals surface area contributed by atoms with Gasteiger partial charge in [0.05, 0.1) is 31.1 Å². The Morgan fingerprint density at radius 2 is 2.10 bits per heavy atom. The third-order valence-electron chi connectivity index (χ3n) is 2.76. The lowest BCUT2D eigenvalue weighted by atomic mass is 10.1. The van der Waals surface area contributed by atoms with Crippen LogP contribution in [0.2, 0.25) is 0 Å². The Hall–Kier alpha value is -2.18. The van der Waals surface area contributed by atoms with E-state index in [1.807, 2.05) is 0 Å². The van der Waals surface area contributed by atoms with Gasteiger partial charge in [-0.15, -0.1) is 0 Å². The van der Waals surface area contributed by atoms with Crippen molar-refractivity contribution in [2.24, 2.45) is 0 Å². The van der Waals surface area contributed by atoms with Crippen LogP contribution >= 0.6 is 0 Å². The number of aryl methyl sites for hydroxylation is 1. The maximum atomic E-state index is 13.0. The second-order valence-corrected chi connectivity index (χ2v) is 4.26. The summed E-state index contributed by atoms with van der Waals surface area (Å²) in [6.07, 6.45) is -2.86. The molecule has 0 unspecified atom stereocenters. The summed E-state index contributed by atoms with van der Waals surface area (Å²) in [4.78, 5) is 6.94. The quantitative estimate of drug-likeness (QED) is 0.905. The zero-order valence-corrected chi connectivity index (χ0v) is 11.0. The molecule has 0 fully saturated rings. The summed E-state index contributed by atoms with van der Waals surface area (Å²) in [6.45, 7) is 2.01. The lowest BCUT2D eigenvalue weighted by Gasteiger charge is -2.15. The van der Waals surface area contributed by atoms with Gasteiger partial charge in [-0.05, 0) is 25.1 Å². The van der Waals surface area contributed by atoms with Gasteiger partial charge in [-0.2, -0.15) is 13.2 Å². The van der Waals surface area contributed by atoms with Gasteiger partial charge in [0.25, 0.3) is 0 Å². The molecule has 0 saturated heterocycles. The number of rotatable bonds is 4. The molecule has 0 radical (unpaired) electrons. The molecular formula is C13H14F3N3O. The van der Waals surface area contributed by atoms with Crippen LogP contribution in [-0.2, 0) is 12.7 Å². The van der Waals surface area contributed by atoms with Crippen molar-refractivity contribution in [3.8, 4) is 5.75 Å². The average Bonchev–Trinajstić information content (AvgIpc) is 2.81. The molecule has 2 N–H and O–H groups in total. The fourth-order valence-electron chi connectivity index (χ4n) is 1.79. The van der Waals surface area contributed by atoms with Crippen molar-refractivity contribution in [3.05, 3.63) is 41.5 Å². The molecule has 2 rings (SSSR count). The highest BCUT2D eigenvalue weighted by atomic mass is 19.4. The number of nitrogens with zero attached hydrogens (tertiary/aromatic N) is 1. The van der Waals surface area contributed by atoms with Crippen LogP contribution in [-0.4, -0.2) is 17.1 Å². The van der Waals surface area contributed by atoms with E-state index < -0.39 is 11.7 Å². The Morgan fingerprint density at radius 1 is 1.35 bits per heavy atom. The van der Waals surface area contributed by atoms with Gasteiger partial charge in [-0.25, -0.2) is 4.98 Å². The maximum absolute atomic E-state index is 13.0. The van der Waals surface area contributed by atoms with Crippen LogP contribution in [0.1, 0.15) is 17.1 Å². The molecule has 0 aliphatic carbocycles. The van der Waals surface area contributed by atoms with Gasteiger partial charge in [-0.3, -0.25) is 0 Å². The highest BCUT2D eigenvalue weighted by Gasteiger charge is 2.34. The van der Waals surface area contributed by atoms with Gasteiger partial charge >= 0.3 is 6.18 Å². The normalized spacial score (nSPS) is 11.4. The Bertz CT molecular complexity index is 593. The second kappa shape index (κ2) is 5.44. The highest BCUT2D eigenvalue weighted by molar-refractivity contribution is 5.55. The molecule has 20 heavy (non-hydrogen) atoms. The minimum absolute atomic E-state index is 0.00514. The van der Waals surface area contributed by atoms with Crippen molar-refractivity contribution < 1.29 is 17.9 Å².